The van der Waals surface area contributed by atoms with Crippen LogP contribution in [0.25, 0.3) is 69.9 Å². The summed E-state index contributed by atoms with van der Waals surface area (Å²) < 4.78 is 11.4. The van der Waals surface area contributed by atoms with Gasteiger partial charge in [0.05, 0.1) is 18.8 Å². The van der Waals surface area contributed by atoms with Gasteiger partial charge in [-0.2, -0.15) is 0 Å². The summed E-state index contributed by atoms with van der Waals surface area (Å²) in [6.07, 6.45) is 0. The van der Waals surface area contributed by atoms with Gasteiger partial charge >= 0.3 is 0 Å². The Bertz CT molecular complexity index is 2010. The highest BCUT2D eigenvalue weighted by atomic mass is 32.1. The van der Waals surface area contributed by atoms with Crippen LogP contribution in [0, 0.1) is 6.92 Å². The summed E-state index contributed by atoms with van der Waals surface area (Å²) in [6, 6.07) is 25.3. The van der Waals surface area contributed by atoms with Crippen molar-refractivity contribution in [3.8, 4) is 0 Å². The standard InChI is InChI=1S/C27H14S4/c1-13-6-7-21-17(8-13)25-27(29-21)19-10-15-11-22-18(9-14(15)12-23(19)31-25)26-24(30-22)16-4-2-3-5-20(16)28-26/h2-12H,1H3. The molecule has 8 rings (SSSR count). The number of hydrogen-bond acceptors (Lipinski definition) is 4. The minimum Gasteiger partial charge on any atom is -0.134 e. The van der Waals surface area contributed by atoms with Crippen LogP contribution >= 0.6 is 45.3 Å². The van der Waals surface area contributed by atoms with Gasteiger partial charge in [0, 0.05) is 40.3 Å². The quantitative estimate of drug-likeness (QED) is 0.208. The maximum atomic E-state index is 2.43. The molecule has 4 heteroatoms. The monoisotopic (exact) mass is 466 g/mol. The minimum absolute atomic E-state index is 1.34. The number of fused-ring (bicyclic) bond motifs is 11. The maximum absolute atomic E-state index is 2.43. The van der Waals surface area contributed by atoms with Gasteiger partial charge in [-0.25, -0.2) is 0 Å². The van der Waals surface area contributed by atoms with E-state index in [2.05, 4.69) is 73.7 Å². The van der Waals surface area contributed by atoms with Crippen LogP contribution in [0.3, 0.4) is 0 Å². The van der Waals surface area contributed by atoms with E-state index in [0.717, 1.165) is 0 Å². The molecule has 0 bridgehead atoms. The molecule has 0 saturated heterocycles. The molecule has 0 nitrogen and oxygen atoms in total. The molecule has 0 aliphatic carbocycles. The third-order valence-electron chi connectivity index (χ3n) is 6.30. The molecule has 8 aromatic rings. The number of benzene rings is 4. The van der Waals surface area contributed by atoms with Crippen LogP contribution in [0.1, 0.15) is 5.56 Å². The van der Waals surface area contributed by atoms with Gasteiger partial charge in [-0.3, -0.25) is 0 Å². The molecule has 0 fully saturated rings. The van der Waals surface area contributed by atoms with Crippen molar-refractivity contribution in [3.05, 3.63) is 72.3 Å². The fourth-order valence-electron chi connectivity index (χ4n) is 4.82. The Labute approximate surface area is 193 Å². The smallest absolute Gasteiger partial charge is 0.0542 e. The molecule has 0 aliphatic heterocycles. The first-order valence-corrected chi connectivity index (χ1v) is 13.5. The first kappa shape index (κ1) is 17.1. The molecule has 4 aromatic heterocycles. The highest BCUT2D eigenvalue weighted by Gasteiger charge is 2.16. The lowest BCUT2D eigenvalue weighted by Gasteiger charge is -2.00. The Balaban J connectivity index is 1.48. The van der Waals surface area contributed by atoms with Crippen molar-refractivity contribution in [1.29, 1.82) is 0 Å². The Morgan fingerprint density at radius 1 is 0.452 bits per heavy atom. The molecule has 0 saturated carbocycles. The van der Waals surface area contributed by atoms with E-state index in [0.29, 0.717) is 0 Å². The van der Waals surface area contributed by atoms with Crippen LogP contribution in [0.5, 0.6) is 0 Å². The Kier molecular flexibility index (Phi) is 3.22. The predicted molar refractivity (Wildman–Crippen MR) is 145 cm³/mol. The average Bonchev–Trinajstić information content (AvgIpc) is 3.49. The summed E-state index contributed by atoms with van der Waals surface area (Å²) >= 11 is 7.77. The molecule has 31 heavy (non-hydrogen) atoms. The summed E-state index contributed by atoms with van der Waals surface area (Å²) in [6.45, 7) is 2.19. The Morgan fingerprint density at radius 2 is 0.968 bits per heavy atom. The number of thiophene rings is 4. The van der Waals surface area contributed by atoms with Crippen molar-refractivity contribution >= 4 is 115 Å². The van der Waals surface area contributed by atoms with Gasteiger partial charge in [0.1, 0.15) is 0 Å². The lowest BCUT2D eigenvalue weighted by molar-refractivity contribution is 1.52. The first-order chi connectivity index (χ1) is 15.2. The zero-order valence-electron chi connectivity index (χ0n) is 16.5. The van der Waals surface area contributed by atoms with Gasteiger partial charge in [0.25, 0.3) is 0 Å². The van der Waals surface area contributed by atoms with Crippen LogP contribution < -0.4 is 0 Å². The van der Waals surface area contributed by atoms with E-state index in [4.69, 9.17) is 0 Å². The lowest BCUT2D eigenvalue weighted by atomic mass is 10.1. The van der Waals surface area contributed by atoms with Gasteiger partial charge in [0.15, 0.2) is 0 Å². The largest absolute Gasteiger partial charge is 0.134 e. The van der Waals surface area contributed by atoms with Crippen molar-refractivity contribution in [2.24, 2.45) is 0 Å². The van der Waals surface area contributed by atoms with Gasteiger partial charge in [0.2, 0.25) is 0 Å². The summed E-state index contributed by atoms with van der Waals surface area (Å²) in [7, 11) is 0. The summed E-state index contributed by atoms with van der Waals surface area (Å²) in [5, 5.41) is 8.34. The molecule has 0 N–H and O–H groups in total. The van der Waals surface area contributed by atoms with Crippen LogP contribution in [0.4, 0.5) is 0 Å². The fraction of sp³-hybridized carbons (Fsp3) is 0.0370. The third-order valence-corrected chi connectivity index (χ3v) is 11.3. The molecule has 146 valence electrons. The van der Waals surface area contributed by atoms with Crippen LogP contribution in [0.15, 0.2) is 66.7 Å². The van der Waals surface area contributed by atoms with Gasteiger partial charge in [-0.1, -0.05) is 29.8 Å². The SMILES string of the molecule is Cc1ccc2sc3c4cc5cc6sc7c8ccccc8sc7c6cc5cc4sc3c2c1. The number of rotatable bonds is 0. The zero-order valence-corrected chi connectivity index (χ0v) is 19.7. The van der Waals surface area contributed by atoms with Gasteiger partial charge in [-0.15, -0.1) is 45.3 Å². The second-order valence-electron chi connectivity index (χ2n) is 8.26. The highest BCUT2D eigenvalue weighted by molar-refractivity contribution is 7.37. The topological polar surface area (TPSA) is 0 Å². The van der Waals surface area contributed by atoms with Crippen molar-refractivity contribution in [2.75, 3.05) is 0 Å². The Hall–Kier alpha value is -2.50. The van der Waals surface area contributed by atoms with Crippen molar-refractivity contribution in [3.63, 3.8) is 0 Å². The zero-order chi connectivity index (χ0) is 20.3. The molecular formula is C27H14S4. The molecule has 0 aliphatic rings. The predicted octanol–water partition coefficient (Wildman–Crippen LogP) is 10.3. The van der Waals surface area contributed by atoms with E-state index in [1.807, 2.05) is 45.3 Å². The highest BCUT2D eigenvalue weighted by Crippen LogP contribution is 2.48. The summed E-state index contributed by atoms with van der Waals surface area (Å²) in [5.41, 5.74) is 1.34. The number of hydrogen-bond donors (Lipinski definition) is 0. The fourth-order valence-corrected chi connectivity index (χ4v) is 10.1. The molecule has 0 atom stereocenters. The summed E-state index contributed by atoms with van der Waals surface area (Å²) in [5.74, 6) is 0. The van der Waals surface area contributed by atoms with E-state index in [1.54, 1.807) is 0 Å². The first-order valence-electron chi connectivity index (χ1n) is 10.3. The van der Waals surface area contributed by atoms with E-state index in [1.165, 1.54) is 75.5 Å². The van der Waals surface area contributed by atoms with Crippen LogP contribution in [-0.4, -0.2) is 0 Å². The van der Waals surface area contributed by atoms with Crippen LogP contribution in [0.2, 0.25) is 0 Å². The molecule has 4 aromatic carbocycles. The molecule has 4 heterocycles. The average molecular weight is 467 g/mol. The van der Waals surface area contributed by atoms with E-state index in [-0.39, 0.29) is 0 Å². The van der Waals surface area contributed by atoms with E-state index in [9.17, 15) is 0 Å². The van der Waals surface area contributed by atoms with Crippen LogP contribution in [-0.2, 0) is 0 Å². The molecule has 0 spiro atoms. The van der Waals surface area contributed by atoms with Gasteiger partial charge in [-0.05, 0) is 60.2 Å². The van der Waals surface area contributed by atoms with Crippen molar-refractivity contribution < 1.29 is 0 Å². The van der Waals surface area contributed by atoms with Crippen molar-refractivity contribution in [2.45, 2.75) is 6.92 Å². The molecule has 0 unspecified atom stereocenters. The van der Waals surface area contributed by atoms with Crippen molar-refractivity contribution in [1.82, 2.24) is 0 Å². The van der Waals surface area contributed by atoms with Gasteiger partial charge < -0.3 is 0 Å². The molecule has 0 radical (unpaired) electrons. The molecule has 0 amide bonds. The minimum atomic E-state index is 1.34. The maximum Gasteiger partial charge on any atom is 0.0542 e. The van der Waals surface area contributed by atoms with E-state index < -0.39 is 0 Å². The lowest BCUT2D eigenvalue weighted by Crippen LogP contribution is -1.73. The second kappa shape index (κ2) is 5.84. The number of aryl methyl sites for hydroxylation is 1. The summed E-state index contributed by atoms with van der Waals surface area (Å²) in [4.78, 5) is 0. The Morgan fingerprint density at radius 3 is 1.65 bits per heavy atom. The second-order valence-corrected chi connectivity index (χ2v) is 12.5. The third kappa shape index (κ3) is 2.23. The molecular weight excluding hydrogens is 453 g/mol. The van der Waals surface area contributed by atoms with E-state index >= 15 is 0 Å². The normalized spacial score (nSPS) is 12.7.